The van der Waals surface area contributed by atoms with E-state index in [4.69, 9.17) is 17.3 Å². The van der Waals surface area contributed by atoms with Crippen molar-refractivity contribution >= 4 is 42.3 Å². The highest BCUT2D eigenvalue weighted by atomic mass is 35.5. The molecule has 1 fully saturated rings. The van der Waals surface area contributed by atoms with Crippen molar-refractivity contribution < 1.29 is 4.79 Å². The van der Waals surface area contributed by atoms with Crippen LogP contribution < -0.4 is 11.1 Å². The third-order valence-electron chi connectivity index (χ3n) is 4.50. The molecule has 0 bridgehead atoms. The molecule has 1 aliphatic rings. The lowest BCUT2D eigenvalue weighted by Crippen LogP contribution is -2.50. The number of nitrogens with zero attached hydrogens (tertiary/aromatic N) is 1. The van der Waals surface area contributed by atoms with Gasteiger partial charge in [0.2, 0.25) is 5.91 Å². The number of nitrogens with two attached hydrogens (primary N) is 1. The Hall–Kier alpha value is -0.520. The summed E-state index contributed by atoms with van der Waals surface area (Å²) in [6.45, 7) is 8.60. The lowest BCUT2D eigenvalue weighted by Gasteiger charge is -2.30. The fraction of sp³-hybridized carbons (Fsp3) is 0.611. The number of carbonyl (C=O) groups excluding carboxylic acids is 1. The number of hydrogen-bond donors (Lipinski definition) is 2. The van der Waals surface area contributed by atoms with E-state index >= 15 is 0 Å². The molecule has 1 heterocycles. The molecule has 1 saturated heterocycles. The molecular formula is C18H30Cl3N3O. The molecule has 144 valence electrons. The van der Waals surface area contributed by atoms with Crippen LogP contribution in [0.4, 0.5) is 0 Å². The Morgan fingerprint density at radius 3 is 2.40 bits per heavy atom. The topological polar surface area (TPSA) is 58.4 Å². The molecule has 25 heavy (non-hydrogen) atoms. The molecule has 0 aromatic heterocycles. The zero-order valence-electron chi connectivity index (χ0n) is 15.1. The molecule has 7 heteroatoms. The molecule has 2 rings (SSSR count). The maximum Gasteiger partial charge on any atom is 0.237 e. The van der Waals surface area contributed by atoms with Gasteiger partial charge in [0.1, 0.15) is 0 Å². The van der Waals surface area contributed by atoms with Crippen molar-refractivity contribution in [3.8, 4) is 0 Å². The summed E-state index contributed by atoms with van der Waals surface area (Å²) >= 11 is 6.14. The van der Waals surface area contributed by atoms with Gasteiger partial charge < -0.3 is 11.1 Å². The van der Waals surface area contributed by atoms with Crippen LogP contribution in [0.15, 0.2) is 24.3 Å². The molecule has 1 aromatic rings. The molecule has 3 N–H and O–H groups in total. The van der Waals surface area contributed by atoms with Crippen LogP contribution in [0.3, 0.4) is 0 Å². The van der Waals surface area contributed by atoms with Gasteiger partial charge in [-0.05, 0) is 49.0 Å². The van der Waals surface area contributed by atoms with Crippen LogP contribution in [0.1, 0.15) is 45.2 Å². The van der Waals surface area contributed by atoms with E-state index in [2.05, 4.69) is 16.3 Å². The molecule has 0 radical (unpaired) electrons. The lowest BCUT2D eigenvalue weighted by atomic mass is 9.87. The Bertz CT molecular complexity index is 543. The monoisotopic (exact) mass is 409 g/mol. The first-order valence-corrected chi connectivity index (χ1v) is 8.69. The first-order chi connectivity index (χ1) is 10.8. The number of halogens is 3. The minimum atomic E-state index is -0.513. The maximum absolute atomic E-state index is 12.3. The Kier molecular flexibility index (Phi) is 10.4. The van der Waals surface area contributed by atoms with E-state index in [1.165, 1.54) is 12.8 Å². The normalized spacial score (nSPS) is 17.2. The zero-order chi connectivity index (χ0) is 17.0. The maximum atomic E-state index is 12.3. The van der Waals surface area contributed by atoms with Crippen molar-refractivity contribution in [1.82, 2.24) is 10.2 Å². The van der Waals surface area contributed by atoms with Crippen LogP contribution in [0, 0.1) is 5.41 Å². The summed E-state index contributed by atoms with van der Waals surface area (Å²) in [5.74, 6) is -0.0938. The summed E-state index contributed by atoms with van der Waals surface area (Å²) in [6.07, 6.45) is 2.40. The fourth-order valence-corrected chi connectivity index (χ4v) is 3.12. The van der Waals surface area contributed by atoms with Gasteiger partial charge in [-0.3, -0.25) is 9.69 Å². The van der Waals surface area contributed by atoms with Crippen LogP contribution in [0.2, 0.25) is 5.02 Å². The molecule has 1 unspecified atom stereocenters. The van der Waals surface area contributed by atoms with Crippen LogP contribution in [0.25, 0.3) is 0 Å². The molecule has 2 atom stereocenters. The van der Waals surface area contributed by atoms with Gasteiger partial charge in [-0.2, -0.15) is 0 Å². The van der Waals surface area contributed by atoms with Gasteiger partial charge in [-0.25, -0.2) is 0 Å². The average molecular weight is 411 g/mol. The third-order valence-corrected chi connectivity index (χ3v) is 4.74. The second kappa shape index (κ2) is 10.6. The number of hydrogen-bond acceptors (Lipinski definition) is 3. The SMILES string of the molecule is CC(C)(C)[C@H](N)C(=O)NCC(c1cccc(Cl)c1)N1CCCC1.Cl.Cl. The number of nitrogens with one attached hydrogen (secondary N) is 1. The van der Waals surface area contributed by atoms with E-state index in [9.17, 15) is 4.79 Å². The average Bonchev–Trinajstić information content (AvgIpc) is 2.99. The van der Waals surface area contributed by atoms with Gasteiger partial charge in [0.25, 0.3) is 0 Å². The quantitative estimate of drug-likeness (QED) is 0.776. The summed E-state index contributed by atoms with van der Waals surface area (Å²) in [5.41, 5.74) is 6.95. The molecule has 4 nitrogen and oxygen atoms in total. The second-order valence-electron chi connectivity index (χ2n) is 7.40. The summed E-state index contributed by atoms with van der Waals surface area (Å²) in [6, 6.07) is 7.53. The van der Waals surface area contributed by atoms with Crippen molar-refractivity contribution in [1.29, 1.82) is 0 Å². The van der Waals surface area contributed by atoms with E-state index in [0.717, 1.165) is 23.7 Å². The van der Waals surface area contributed by atoms with Gasteiger partial charge in [0.05, 0.1) is 12.1 Å². The van der Waals surface area contributed by atoms with Crippen molar-refractivity contribution in [2.24, 2.45) is 11.1 Å². The van der Waals surface area contributed by atoms with Gasteiger partial charge in [-0.1, -0.05) is 44.5 Å². The first-order valence-electron chi connectivity index (χ1n) is 8.32. The number of likely N-dealkylation sites (tertiary alicyclic amines) is 1. The predicted octanol–water partition coefficient (Wildman–Crippen LogP) is 3.81. The summed E-state index contributed by atoms with van der Waals surface area (Å²) in [4.78, 5) is 14.7. The molecule has 1 amide bonds. The predicted molar refractivity (Wildman–Crippen MR) is 110 cm³/mol. The van der Waals surface area contributed by atoms with Crippen molar-refractivity contribution in [2.75, 3.05) is 19.6 Å². The second-order valence-corrected chi connectivity index (χ2v) is 7.84. The van der Waals surface area contributed by atoms with Gasteiger partial charge in [-0.15, -0.1) is 24.8 Å². The highest BCUT2D eigenvalue weighted by Crippen LogP contribution is 2.26. The van der Waals surface area contributed by atoms with Gasteiger partial charge >= 0.3 is 0 Å². The highest BCUT2D eigenvalue weighted by molar-refractivity contribution is 6.30. The molecule has 1 aliphatic heterocycles. The standard InChI is InChI=1S/C18H28ClN3O.2ClH/c1-18(2,3)16(20)17(23)21-12-15(22-9-4-5-10-22)13-7-6-8-14(19)11-13;;/h6-8,11,15-16H,4-5,9-10,12,20H2,1-3H3,(H,21,23);2*1H/t15?,16-;;/m1../s1. The zero-order valence-corrected chi connectivity index (χ0v) is 17.5. The van der Waals surface area contributed by atoms with Crippen LogP contribution in [-0.4, -0.2) is 36.5 Å². The molecule has 0 aliphatic carbocycles. The minimum absolute atomic E-state index is 0. The number of carbonyl (C=O) groups is 1. The lowest BCUT2D eigenvalue weighted by molar-refractivity contribution is -0.124. The van der Waals surface area contributed by atoms with Crippen LogP contribution >= 0.6 is 36.4 Å². The van der Waals surface area contributed by atoms with Crippen LogP contribution in [-0.2, 0) is 4.79 Å². The third kappa shape index (κ3) is 6.95. The molecular weight excluding hydrogens is 381 g/mol. The molecule has 1 aromatic carbocycles. The Morgan fingerprint density at radius 2 is 1.88 bits per heavy atom. The molecule has 0 spiro atoms. The Balaban J connectivity index is 0.00000288. The van der Waals surface area contributed by atoms with E-state index < -0.39 is 6.04 Å². The van der Waals surface area contributed by atoms with E-state index in [1.54, 1.807) is 0 Å². The number of amides is 1. The van der Waals surface area contributed by atoms with Crippen molar-refractivity contribution in [3.63, 3.8) is 0 Å². The van der Waals surface area contributed by atoms with E-state index in [1.807, 2.05) is 39.0 Å². The smallest absolute Gasteiger partial charge is 0.237 e. The van der Waals surface area contributed by atoms with E-state index in [0.29, 0.717) is 6.54 Å². The van der Waals surface area contributed by atoms with Crippen LogP contribution in [0.5, 0.6) is 0 Å². The minimum Gasteiger partial charge on any atom is -0.353 e. The van der Waals surface area contributed by atoms with Crippen molar-refractivity contribution in [2.45, 2.75) is 45.7 Å². The largest absolute Gasteiger partial charge is 0.353 e. The van der Waals surface area contributed by atoms with Crippen molar-refractivity contribution in [3.05, 3.63) is 34.9 Å². The summed E-state index contributed by atoms with van der Waals surface area (Å²) in [5, 5.41) is 3.76. The number of rotatable bonds is 5. The fourth-order valence-electron chi connectivity index (χ4n) is 2.93. The molecule has 0 saturated carbocycles. The highest BCUT2D eigenvalue weighted by Gasteiger charge is 2.29. The van der Waals surface area contributed by atoms with Gasteiger partial charge in [0.15, 0.2) is 0 Å². The summed E-state index contributed by atoms with van der Waals surface area (Å²) in [7, 11) is 0. The Morgan fingerprint density at radius 1 is 1.28 bits per heavy atom. The van der Waals surface area contributed by atoms with Gasteiger partial charge in [0, 0.05) is 11.6 Å². The first kappa shape index (κ1) is 24.5. The Labute approximate surface area is 168 Å². The van der Waals surface area contributed by atoms with E-state index in [-0.39, 0.29) is 42.2 Å². The number of benzene rings is 1. The summed E-state index contributed by atoms with van der Waals surface area (Å²) < 4.78 is 0.